The molecule has 2 N–H and O–H groups in total. The molecule has 0 unspecified atom stereocenters. The van der Waals surface area contributed by atoms with Gasteiger partial charge in [-0.25, -0.2) is 9.78 Å². The monoisotopic (exact) mass is 332 g/mol. The zero-order valence-electron chi connectivity index (χ0n) is 12.9. The van der Waals surface area contributed by atoms with Crippen LogP contribution >= 0.6 is 0 Å². The van der Waals surface area contributed by atoms with Crippen LogP contribution in [-0.4, -0.2) is 29.1 Å². The molecule has 3 rings (SSSR count). The Morgan fingerprint density at radius 1 is 1.21 bits per heavy atom. The molecule has 0 saturated carbocycles. The average molecular weight is 332 g/mol. The van der Waals surface area contributed by atoms with Gasteiger partial charge in [-0.1, -0.05) is 17.9 Å². The first-order valence-corrected chi connectivity index (χ1v) is 6.90. The van der Waals surface area contributed by atoms with Crippen LogP contribution in [0, 0.1) is 0 Å². The molecule has 2 aromatic heterocycles. The van der Waals surface area contributed by atoms with Crippen LogP contribution in [0.3, 0.4) is 0 Å². The van der Waals surface area contributed by atoms with Gasteiger partial charge in [-0.2, -0.15) is 0 Å². The van der Waals surface area contributed by atoms with Crippen LogP contribution in [0.2, 0.25) is 0 Å². The van der Waals surface area contributed by atoms with Gasteiger partial charge in [0, 0.05) is 20.6 Å². The molecule has 10 nitrogen and oxygen atoms in total. The molecule has 0 bridgehead atoms. The highest BCUT2D eigenvalue weighted by Crippen LogP contribution is 2.24. The van der Waals surface area contributed by atoms with Gasteiger partial charge in [0.25, 0.3) is 5.56 Å². The van der Waals surface area contributed by atoms with E-state index in [1.165, 1.54) is 47.8 Å². The van der Waals surface area contributed by atoms with Crippen LogP contribution in [0.4, 0.5) is 5.69 Å². The molecule has 0 amide bonds. The van der Waals surface area contributed by atoms with Crippen molar-refractivity contribution in [1.29, 1.82) is 0 Å². The number of rotatable bonds is 3. The Kier molecular flexibility index (Phi) is 3.62. The maximum Gasteiger partial charge on any atom is 0.332 e. The number of fused-ring (bicyclic) bond motifs is 1. The number of benzene rings is 1. The lowest BCUT2D eigenvalue weighted by Gasteiger charge is -2.18. The zero-order chi connectivity index (χ0) is 17.6. The predicted molar refractivity (Wildman–Crippen MR) is 81.3 cm³/mol. The molecule has 24 heavy (non-hydrogen) atoms. The third-order valence-corrected chi connectivity index (χ3v) is 3.81. The fourth-order valence-corrected chi connectivity index (χ4v) is 2.53. The molecule has 10 heteroatoms. The summed E-state index contributed by atoms with van der Waals surface area (Å²) in [6.07, 6.45) is 1.41. The van der Waals surface area contributed by atoms with Crippen LogP contribution in [0.25, 0.3) is 11.2 Å². The van der Waals surface area contributed by atoms with E-state index in [2.05, 4.69) is 4.98 Å². The van der Waals surface area contributed by atoms with Gasteiger partial charge >= 0.3 is 5.69 Å². The summed E-state index contributed by atoms with van der Waals surface area (Å²) in [4.78, 5) is 28.4. The Labute approximate surface area is 134 Å². The number of aromatic nitrogens is 4. The summed E-state index contributed by atoms with van der Waals surface area (Å²) < 4.78 is 3.78. The third kappa shape index (κ3) is 2.33. The first kappa shape index (κ1) is 15.8. The SMILES string of the molecule is Cn1c(=O)c2c(ncn2Cc2ccc([O-])c(N(O)O)c2)n(C)c1=O. The van der Waals surface area contributed by atoms with E-state index in [0.29, 0.717) is 5.56 Å². The van der Waals surface area contributed by atoms with Crippen molar-refractivity contribution in [1.82, 2.24) is 18.7 Å². The van der Waals surface area contributed by atoms with Crippen molar-refractivity contribution in [2.45, 2.75) is 6.54 Å². The number of nitrogens with zero attached hydrogens (tertiary/aromatic N) is 5. The van der Waals surface area contributed by atoms with Gasteiger partial charge in [0.15, 0.2) is 11.2 Å². The van der Waals surface area contributed by atoms with Crippen LogP contribution in [-0.2, 0) is 20.6 Å². The molecule has 0 aliphatic carbocycles. The van der Waals surface area contributed by atoms with Gasteiger partial charge in [0.05, 0.1) is 12.0 Å². The largest absolute Gasteiger partial charge is 0.871 e. The summed E-state index contributed by atoms with van der Waals surface area (Å²) >= 11 is 0. The lowest BCUT2D eigenvalue weighted by molar-refractivity contribution is -0.268. The molecular weight excluding hydrogens is 318 g/mol. The minimum atomic E-state index is -0.558. The zero-order valence-corrected chi connectivity index (χ0v) is 12.9. The molecule has 0 atom stereocenters. The number of imidazole rings is 1. The second kappa shape index (κ2) is 5.51. The first-order valence-electron chi connectivity index (χ1n) is 6.90. The smallest absolute Gasteiger partial charge is 0.332 e. The fraction of sp³-hybridized carbons (Fsp3) is 0.214. The highest BCUT2D eigenvalue weighted by Gasteiger charge is 2.14. The van der Waals surface area contributed by atoms with Crippen LogP contribution in [0.5, 0.6) is 5.75 Å². The third-order valence-electron chi connectivity index (χ3n) is 3.81. The molecule has 0 spiro atoms. The van der Waals surface area contributed by atoms with E-state index in [-0.39, 0.29) is 28.6 Å². The second-order valence-corrected chi connectivity index (χ2v) is 5.34. The van der Waals surface area contributed by atoms with E-state index in [9.17, 15) is 14.7 Å². The fourth-order valence-electron chi connectivity index (χ4n) is 2.53. The molecular formula is C14H14N5O5-. The number of hydrogen-bond donors (Lipinski definition) is 2. The summed E-state index contributed by atoms with van der Waals surface area (Å²) in [5.41, 5.74) is -0.249. The lowest BCUT2D eigenvalue weighted by Crippen LogP contribution is -2.37. The number of aryl methyl sites for hydroxylation is 1. The molecule has 3 aromatic rings. The van der Waals surface area contributed by atoms with Gasteiger partial charge in [0.1, 0.15) is 0 Å². The Morgan fingerprint density at radius 2 is 1.92 bits per heavy atom. The highest BCUT2D eigenvalue weighted by molar-refractivity contribution is 5.70. The Hall–Kier alpha value is -3.11. The van der Waals surface area contributed by atoms with Crippen molar-refractivity contribution in [3.05, 3.63) is 50.9 Å². The molecule has 1 aromatic carbocycles. The van der Waals surface area contributed by atoms with Gasteiger partial charge < -0.3 is 9.67 Å². The van der Waals surface area contributed by atoms with Crippen LogP contribution in [0.1, 0.15) is 5.56 Å². The predicted octanol–water partition coefficient (Wildman–Crippen LogP) is -0.860. The summed E-state index contributed by atoms with van der Waals surface area (Å²) in [6, 6.07) is 3.99. The molecule has 0 aliphatic heterocycles. The molecule has 0 saturated heterocycles. The molecule has 0 fully saturated rings. The van der Waals surface area contributed by atoms with Crippen molar-refractivity contribution >= 4 is 16.9 Å². The number of hydrogen-bond acceptors (Lipinski definition) is 7. The molecule has 0 radical (unpaired) electrons. The van der Waals surface area contributed by atoms with E-state index in [0.717, 1.165) is 4.57 Å². The normalized spacial score (nSPS) is 11.2. The standard InChI is InChI=1S/C14H15N5O5/c1-16-12-11(13(21)17(2)14(16)22)18(7-15-12)6-8-3-4-10(20)9(5-8)19(23)24/h3-5,7,20,23-24H,6H2,1-2H3/p-1. The van der Waals surface area contributed by atoms with Crippen molar-refractivity contribution < 1.29 is 15.5 Å². The molecule has 2 heterocycles. The summed E-state index contributed by atoms with van der Waals surface area (Å²) in [7, 11) is 2.89. The lowest BCUT2D eigenvalue weighted by atomic mass is 10.2. The Morgan fingerprint density at radius 3 is 2.58 bits per heavy atom. The number of anilines is 1. The van der Waals surface area contributed by atoms with Gasteiger partial charge in [-0.05, 0) is 11.6 Å². The van der Waals surface area contributed by atoms with E-state index >= 15 is 0 Å². The summed E-state index contributed by atoms with van der Waals surface area (Å²) in [6.45, 7) is 0.158. The maximum absolute atomic E-state index is 12.4. The minimum absolute atomic E-state index is 0.158. The van der Waals surface area contributed by atoms with Crippen LogP contribution < -0.4 is 21.6 Å². The Bertz CT molecular complexity index is 1050. The quantitative estimate of drug-likeness (QED) is 0.597. The van der Waals surface area contributed by atoms with Crippen molar-refractivity contribution in [3.8, 4) is 5.75 Å². The second-order valence-electron chi connectivity index (χ2n) is 5.34. The van der Waals surface area contributed by atoms with Gasteiger partial charge in [-0.15, -0.1) is 5.23 Å². The minimum Gasteiger partial charge on any atom is -0.871 e. The van der Waals surface area contributed by atoms with Crippen molar-refractivity contribution in [3.63, 3.8) is 0 Å². The maximum atomic E-state index is 12.4. The van der Waals surface area contributed by atoms with E-state index in [4.69, 9.17) is 10.4 Å². The van der Waals surface area contributed by atoms with Crippen molar-refractivity contribution in [2.24, 2.45) is 14.1 Å². The van der Waals surface area contributed by atoms with Crippen molar-refractivity contribution in [2.75, 3.05) is 5.23 Å². The Balaban J connectivity index is 2.14. The topological polar surface area (TPSA) is 129 Å². The van der Waals surface area contributed by atoms with E-state index < -0.39 is 17.0 Å². The average Bonchev–Trinajstić information content (AvgIpc) is 2.96. The molecule has 0 aliphatic rings. The molecule has 126 valence electrons. The summed E-state index contributed by atoms with van der Waals surface area (Å²) in [5, 5.41) is 29.4. The first-order chi connectivity index (χ1) is 11.3. The van der Waals surface area contributed by atoms with Gasteiger partial charge in [-0.3, -0.25) is 24.3 Å². The highest BCUT2D eigenvalue weighted by atomic mass is 16.8. The van der Waals surface area contributed by atoms with E-state index in [1.54, 1.807) is 0 Å². The van der Waals surface area contributed by atoms with E-state index in [1.807, 2.05) is 0 Å². The summed E-state index contributed by atoms with van der Waals surface area (Å²) in [5.74, 6) is -0.558. The van der Waals surface area contributed by atoms with Gasteiger partial charge in [0.2, 0.25) is 0 Å². The van der Waals surface area contributed by atoms with Crippen LogP contribution in [0.15, 0.2) is 34.1 Å².